The molecule has 1 aliphatic heterocycles. The number of hydrogen-bond acceptors (Lipinski definition) is 3. The van der Waals surface area contributed by atoms with E-state index in [0.717, 1.165) is 16.8 Å². The van der Waals surface area contributed by atoms with Crippen LogP contribution in [0.5, 0.6) is 0 Å². The van der Waals surface area contributed by atoms with E-state index in [4.69, 9.17) is 5.73 Å². The maximum Gasteiger partial charge on any atom is 0.228 e. The first-order valence-electron chi connectivity index (χ1n) is 6.47. The highest BCUT2D eigenvalue weighted by Gasteiger charge is 2.17. The van der Waals surface area contributed by atoms with Gasteiger partial charge in [0.1, 0.15) is 0 Å². The van der Waals surface area contributed by atoms with Gasteiger partial charge in [-0.15, -0.1) is 0 Å². The number of anilines is 1. The van der Waals surface area contributed by atoms with Crippen molar-refractivity contribution in [2.75, 3.05) is 11.9 Å². The number of nitrogens with one attached hydrogen (secondary N) is 2. The van der Waals surface area contributed by atoms with Gasteiger partial charge in [0.05, 0.1) is 6.42 Å². The molecule has 0 aliphatic carbocycles. The van der Waals surface area contributed by atoms with Gasteiger partial charge >= 0.3 is 0 Å². The molecular weight excluding hydrogens is 242 g/mol. The maximum atomic E-state index is 11.6. The standard InChI is InChI=1S/C14H19N3O2/c1-9(7-15)4-13(18)16-8-10-2-3-12-11(5-10)6-14(19)17-12/h2-3,5,9H,4,6-8,15H2,1H3,(H,16,18)(H,17,19). The minimum Gasteiger partial charge on any atom is -0.352 e. The van der Waals surface area contributed by atoms with Crippen LogP contribution in [-0.4, -0.2) is 18.4 Å². The summed E-state index contributed by atoms with van der Waals surface area (Å²) in [6, 6.07) is 5.75. The Morgan fingerprint density at radius 3 is 3.05 bits per heavy atom. The highest BCUT2D eigenvalue weighted by Crippen LogP contribution is 2.23. The number of benzene rings is 1. The number of hydrogen-bond donors (Lipinski definition) is 3. The third-order valence-corrected chi connectivity index (χ3v) is 3.22. The van der Waals surface area contributed by atoms with E-state index in [9.17, 15) is 9.59 Å². The van der Waals surface area contributed by atoms with Crippen LogP contribution in [0.2, 0.25) is 0 Å². The average molecular weight is 261 g/mol. The molecule has 0 fully saturated rings. The fraction of sp³-hybridized carbons (Fsp3) is 0.429. The fourth-order valence-electron chi connectivity index (χ4n) is 2.07. The first-order chi connectivity index (χ1) is 9.08. The molecule has 0 spiro atoms. The zero-order valence-corrected chi connectivity index (χ0v) is 11.0. The van der Waals surface area contributed by atoms with Crippen LogP contribution >= 0.6 is 0 Å². The van der Waals surface area contributed by atoms with E-state index in [1.807, 2.05) is 25.1 Å². The molecule has 5 heteroatoms. The summed E-state index contributed by atoms with van der Waals surface area (Å²) in [5, 5.41) is 5.65. The van der Waals surface area contributed by atoms with Gasteiger partial charge < -0.3 is 16.4 Å². The van der Waals surface area contributed by atoms with Gasteiger partial charge in [-0.25, -0.2) is 0 Å². The summed E-state index contributed by atoms with van der Waals surface area (Å²) in [6.07, 6.45) is 0.864. The zero-order chi connectivity index (χ0) is 13.8. The smallest absolute Gasteiger partial charge is 0.228 e. The number of rotatable bonds is 5. The molecule has 0 aromatic heterocycles. The van der Waals surface area contributed by atoms with Gasteiger partial charge in [-0.2, -0.15) is 0 Å². The molecule has 1 aromatic rings. The summed E-state index contributed by atoms with van der Waals surface area (Å²) < 4.78 is 0. The fourth-order valence-corrected chi connectivity index (χ4v) is 2.07. The van der Waals surface area contributed by atoms with E-state index in [2.05, 4.69) is 10.6 Å². The molecule has 1 heterocycles. The zero-order valence-electron chi connectivity index (χ0n) is 11.0. The summed E-state index contributed by atoms with van der Waals surface area (Å²) in [5.74, 6) is 0.224. The van der Waals surface area contributed by atoms with Crippen molar-refractivity contribution in [2.24, 2.45) is 11.7 Å². The lowest BCUT2D eigenvalue weighted by Gasteiger charge is -2.10. The molecule has 5 nitrogen and oxygen atoms in total. The summed E-state index contributed by atoms with van der Waals surface area (Å²) >= 11 is 0. The quantitative estimate of drug-likeness (QED) is 0.732. The topological polar surface area (TPSA) is 84.2 Å². The molecule has 4 N–H and O–H groups in total. The number of carbonyl (C=O) groups excluding carboxylic acids is 2. The molecule has 0 bridgehead atoms. The van der Waals surface area contributed by atoms with Crippen molar-refractivity contribution in [3.05, 3.63) is 29.3 Å². The Morgan fingerprint density at radius 1 is 1.53 bits per heavy atom. The van der Waals surface area contributed by atoms with Crippen LogP contribution in [0.3, 0.4) is 0 Å². The predicted molar refractivity (Wildman–Crippen MR) is 73.5 cm³/mol. The second kappa shape index (κ2) is 5.84. The normalized spacial score (nSPS) is 14.7. The second-order valence-corrected chi connectivity index (χ2v) is 5.04. The highest BCUT2D eigenvalue weighted by atomic mass is 16.2. The van der Waals surface area contributed by atoms with Crippen LogP contribution in [0.1, 0.15) is 24.5 Å². The number of nitrogens with two attached hydrogens (primary N) is 1. The molecule has 2 rings (SSSR count). The molecule has 19 heavy (non-hydrogen) atoms. The minimum absolute atomic E-state index is 0.00708. The van der Waals surface area contributed by atoms with E-state index in [1.54, 1.807) is 0 Å². The van der Waals surface area contributed by atoms with Crippen LogP contribution in [0, 0.1) is 5.92 Å². The lowest BCUT2D eigenvalue weighted by Crippen LogP contribution is -2.26. The number of fused-ring (bicyclic) bond motifs is 1. The van der Waals surface area contributed by atoms with E-state index in [1.165, 1.54) is 0 Å². The van der Waals surface area contributed by atoms with Crippen LogP contribution in [-0.2, 0) is 22.6 Å². The van der Waals surface area contributed by atoms with Crippen molar-refractivity contribution >= 4 is 17.5 Å². The van der Waals surface area contributed by atoms with Gasteiger partial charge in [-0.05, 0) is 29.7 Å². The molecule has 102 valence electrons. The van der Waals surface area contributed by atoms with Crippen LogP contribution in [0.25, 0.3) is 0 Å². The van der Waals surface area contributed by atoms with Crippen LogP contribution < -0.4 is 16.4 Å². The molecule has 1 unspecified atom stereocenters. The molecule has 1 atom stereocenters. The second-order valence-electron chi connectivity index (χ2n) is 5.04. The van der Waals surface area contributed by atoms with Gasteiger partial charge in [-0.1, -0.05) is 19.1 Å². The highest BCUT2D eigenvalue weighted by molar-refractivity contribution is 5.99. The molecule has 0 saturated heterocycles. The van der Waals surface area contributed by atoms with Crippen molar-refractivity contribution in [1.82, 2.24) is 5.32 Å². The first kappa shape index (κ1) is 13.5. The Morgan fingerprint density at radius 2 is 2.32 bits per heavy atom. The van der Waals surface area contributed by atoms with Crippen molar-refractivity contribution in [1.29, 1.82) is 0 Å². The molecule has 1 aromatic carbocycles. The summed E-state index contributed by atoms with van der Waals surface area (Å²) in [4.78, 5) is 22.9. The molecule has 1 aliphatic rings. The Balaban J connectivity index is 1.89. The first-order valence-corrected chi connectivity index (χ1v) is 6.47. The van der Waals surface area contributed by atoms with Crippen molar-refractivity contribution in [3.63, 3.8) is 0 Å². The largest absolute Gasteiger partial charge is 0.352 e. The Kier molecular flexibility index (Phi) is 4.16. The SMILES string of the molecule is CC(CN)CC(=O)NCc1ccc2c(c1)CC(=O)N2. The lowest BCUT2D eigenvalue weighted by molar-refractivity contribution is -0.122. The third-order valence-electron chi connectivity index (χ3n) is 3.22. The van der Waals surface area contributed by atoms with Gasteiger partial charge in [0.15, 0.2) is 0 Å². The van der Waals surface area contributed by atoms with E-state index in [0.29, 0.717) is 25.9 Å². The van der Waals surface area contributed by atoms with Crippen molar-refractivity contribution < 1.29 is 9.59 Å². The van der Waals surface area contributed by atoms with E-state index in [-0.39, 0.29) is 17.7 Å². The summed E-state index contributed by atoms with van der Waals surface area (Å²) in [6.45, 7) is 2.95. The summed E-state index contributed by atoms with van der Waals surface area (Å²) in [7, 11) is 0. The van der Waals surface area contributed by atoms with Gasteiger partial charge in [-0.3, -0.25) is 9.59 Å². The Bertz CT molecular complexity index is 499. The average Bonchev–Trinajstić information content (AvgIpc) is 2.75. The summed E-state index contributed by atoms with van der Waals surface area (Å²) in [5.41, 5.74) is 8.35. The van der Waals surface area contributed by atoms with Crippen LogP contribution in [0.4, 0.5) is 5.69 Å². The van der Waals surface area contributed by atoms with Gasteiger partial charge in [0, 0.05) is 18.7 Å². The predicted octanol–water partition coefficient (Wildman–Crippen LogP) is 0.782. The Labute approximate surface area is 112 Å². The maximum absolute atomic E-state index is 11.6. The molecule has 0 radical (unpaired) electrons. The minimum atomic E-state index is 0.00708. The number of carbonyl (C=O) groups is 2. The van der Waals surface area contributed by atoms with E-state index < -0.39 is 0 Å². The van der Waals surface area contributed by atoms with Crippen molar-refractivity contribution in [2.45, 2.75) is 26.3 Å². The van der Waals surface area contributed by atoms with Gasteiger partial charge in [0.25, 0.3) is 0 Å². The lowest BCUT2D eigenvalue weighted by atomic mass is 10.1. The molecule has 0 saturated carbocycles. The number of amides is 2. The third kappa shape index (κ3) is 3.54. The molecule has 2 amide bonds. The molecular formula is C14H19N3O2. The van der Waals surface area contributed by atoms with E-state index >= 15 is 0 Å². The van der Waals surface area contributed by atoms with Gasteiger partial charge in [0.2, 0.25) is 11.8 Å². The van der Waals surface area contributed by atoms with Crippen molar-refractivity contribution in [3.8, 4) is 0 Å². The monoisotopic (exact) mass is 261 g/mol. The Hall–Kier alpha value is -1.88. The van der Waals surface area contributed by atoms with Crippen LogP contribution in [0.15, 0.2) is 18.2 Å².